The van der Waals surface area contributed by atoms with Gasteiger partial charge in [-0.25, -0.2) is 0 Å². The van der Waals surface area contributed by atoms with E-state index in [1.165, 1.54) is 11.3 Å². The predicted molar refractivity (Wildman–Crippen MR) is 92.3 cm³/mol. The maximum absolute atomic E-state index is 6.10. The minimum Gasteiger partial charge on any atom is -0.383 e. The number of hydrogen-bond acceptors (Lipinski definition) is 5. The van der Waals surface area contributed by atoms with Crippen LogP contribution in [0.5, 0.6) is 0 Å². The maximum atomic E-state index is 6.10. The first-order valence-electron chi connectivity index (χ1n) is 7.11. The van der Waals surface area contributed by atoms with Crippen molar-refractivity contribution in [3.8, 4) is 27.0 Å². The molecular formula is C17H13N5S. The zero-order valence-corrected chi connectivity index (χ0v) is 12.9. The number of aromatic nitrogens is 4. The Balaban J connectivity index is 1.72. The lowest BCUT2D eigenvalue weighted by molar-refractivity contribution is 0.859. The van der Waals surface area contributed by atoms with Crippen LogP contribution in [0.25, 0.3) is 27.0 Å². The molecule has 0 spiro atoms. The fourth-order valence-electron chi connectivity index (χ4n) is 2.30. The van der Waals surface area contributed by atoms with E-state index in [0.29, 0.717) is 10.9 Å². The van der Waals surface area contributed by atoms with Gasteiger partial charge in [0, 0.05) is 17.2 Å². The summed E-state index contributed by atoms with van der Waals surface area (Å²) in [7, 11) is 0. The van der Waals surface area contributed by atoms with Crippen molar-refractivity contribution < 1.29 is 0 Å². The second-order valence-corrected chi connectivity index (χ2v) is 5.94. The lowest BCUT2D eigenvalue weighted by Crippen LogP contribution is -2.01. The molecule has 4 rings (SSSR count). The molecule has 0 radical (unpaired) electrons. The van der Waals surface area contributed by atoms with E-state index in [1.54, 1.807) is 4.68 Å². The molecule has 0 saturated carbocycles. The van der Waals surface area contributed by atoms with Crippen LogP contribution in [-0.4, -0.2) is 20.0 Å². The number of hydrogen-bond donors (Lipinski definition) is 1. The molecule has 4 aromatic rings. The summed E-state index contributed by atoms with van der Waals surface area (Å²) in [6.45, 7) is 0. The van der Waals surface area contributed by atoms with Gasteiger partial charge in [0.25, 0.3) is 0 Å². The first-order valence-corrected chi connectivity index (χ1v) is 7.93. The highest BCUT2D eigenvalue weighted by Crippen LogP contribution is 2.28. The summed E-state index contributed by atoms with van der Waals surface area (Å²) in [6.07, 6.45) is 0. The molecule has 23 heavy (non-hydrogen) atoms. The summed E-state index contributed by atoms with van der Waals surface area (Å²) >= 11 is 1.46. The molecule has 0 atom stereocenters. The van der Waals surface area contributed by atoms with E-state index in [-0.39, 0.29) is 0 Å². The van der Waals surface area contributed by atoms with Crippen LogP contribution in [0.15, 0.2) is 66.7 Å². The molecule has 2 aromatic heterocycles. The summed E-state index contributed by atoms with van der Waals surface area (Å²) in [4.78, 5) is 0. The van der Waals surface area contributed by atoms with E-state index in [4.69, 9.17) is 5.73 Å². The number of anilines is 1. The van der Waals surface area contributed by atoms with Crippen molar-refractivity contribution in [3.63, 3.8) is 0 Å². The zero-order chi connectivity index (χ0) is 15.6. The first kappa shape index (κ1) is 13.7. The molecule has 6 heteroatoms. The third-order valence-electron chi connectivity index (χ3n) is 3.42. The number of benzene rings is 2. The van der Waals surface area contributed by atoms with Gasteiger partial charge in [-0.3, -0.25) is 0 Å². The second kappa shape index (κ2) is 5.66. The van der Waals surface area contributed by atoms with Gasteiger partial charge in [-0.05, 0) is 0 Å². The molecule has 2 N–H and O–H groups in total. The van der Waals surface area contributed by atoms with Gasteiger partial charge in [-0.2, -0.15) is 9.78 Å². The molecule has 0 amide bonds. The third kappa shape index (κ3) is 2.60. The van der Waals surface area contributed by atoms with Crippen molar-refractivity contribution >= 4 is 17.2 Å². The molecule has 0 unspecified atom stereocenters. The Morgan fingerprint density at radius 3 is 2.17 bits per heavy atom. The summed E-state index contributed by atoms with van der Waals surface area (Å²) in [5, 5.41) is 14.5. The van der Waals surface area contributed by atoms with E-state index < -0.39 is 0 Å². The van der Waals surface area contributed by atoms with Crippen LogP contribution in [-0.2, 0) is 0 Å². The van der Waals surface area contributed by atoms with Crippen molar-refractivity contribution in [1.29, 1.82) is 0 Å². The number of nitrogens with zero attached hydrogens (tertiary/aromatic N) is 4. The van der Waals surface area contributed by atoms with Gasteiger partial charge in [-0.1, -0.05) is 72.0 Å². The van der Waals surface area contributed by atoms with Crippen molar-refractivity contribution in [2.75, 3.05) is 5.73 Å². The number of nitrogen functional groups attached to an aromatic ring is 1. The minimum absolute atomic E-state index is 0.541. The van der Waals surface area contributed by atoms with Crippen LogP contribution < -0.4 is 5.73 Å². The van der Waals surface area contributed by atoms with Crippen LogP contribution in [0.2, 0.25) is 0 Å². The van der Waals surface area contributed by atoms with Crippen molar-refractivity contribution in [3.05, 3.63) is 66.7 Å². The fraction of sp³-hybridized carbons (Fsp3) is 0. The summed E-state index contributed by atoms with van der Waals surface area (Å²) < 4.78 is 1.63. The molecule has 5 nitrogen and oxygen atoms in total. The van der Waals surface area contributed by atoms with E-state index >= 15 is 0 Å². The Hall–Kier alpha value is -2.99. The van der Waals surface area contributed by atoms with E-state index in [9.17, 15) is 0 Å². The Bertz CT molecular complexity index is 928. The van der Waals surface area contributed by atoms with Crippen molar-refractivity contribution in [2.24, 2.45) is 0 Å². The Morgan fingerprint density at radius 1 is 0.826 bits per heavy atom. The van der Waals surface area contributed by atoms with Crippen molar-refractivity contribution in [2.45, 2.75) is 0 Å². The highest BCUT2D eigenvalue weighted by Gasteiger charge is 2.13. The second-order valence-electron chi connectivity index (χ2n) is 4.99. The lowest BCUT2D eigenvalue weighted by Gasteiger charge is -1.97. The van der Waals surface area contributed by atoms with E-state index in [1.807, 2.05) is 66.7 Å². The molecule has 112 valence electrons. The van der Waals surface area contributed by atoms with Crippen LogP contribution >= 0.6 is 11.3 Å². The fourth-order valence-corrected chi connectivity index (χ4v) is 3.12. The lowest BCUT2D eigenvalue weighted by atomic mass is 10.2. The topological polar surface area (TPSA) is 69.6 Å². The molecule has 0 aliphatic rings. The van der Waals surface area contributed by atoms with E-state index in [0.717, 1.165) is 21.8 Å². The van der Waals surface area contributed by atoms with Gasteiger partial charge >= 0.3 is 0 Å². The number of rotatable bonds is 3. The van der Waals surface area contributed by atoms with Gasteiger partial charge < -0.3 is 5.73 Å². The van der Waals surface area contributed by atoms with E-state index in [2.05, 4.69) is 15.3 Å². The highest BCUT2D eigenvalue weighted by atomic mass is 32.1. The smallest absolute Gasteiger partial charge is 0.235 e. The molecule has 0 aliphatic heterocycles. The van der Waals surface area contributed by atoms with Crippen LogP contribution in [0.3, 0.4) is 0 Å². The number of nitrogens with two attached hydrogens (primary N) is 1. The van der Waals surface area contributed by atoms with Crippen LogP contribution in [0.1, 0.15) is 0 Å². The molecule has 2 heterocycles. The molecule has 0 saturated heterocycles. The van der Waals surface area contributed by atoms with Gasteiger partial charge in [0.15, 0.2) is 0 Å². The van der Waals surface area contributed by atoms with Gasteiger partial charge in [-0.15, -0.1) is 10.2 Å². The average molecular weight is 319 g/mol. The Kier molecular flexibility index (Phi) is 3.36. The molecule has 0 fully saturated rings. The normalized spacial score (nSPS) is 10.8. The largest absolute Gasteiger partial charge is 0.383 e. The summed E-state index contributed by atoms with van der Waals surface area (Å²) in [5.41, 5.74) is 8.97. The first-order chi connectivity index (χ1) is 11.3. The van der Waals surface area contributed by atoms with Gasteiger partial charge in [0.1, 0.15) is 10.8 Å². The Morgan fingerprint density at radius 2 is 1.48 bits per heavy atom. The molecular weight excluding hydrogens is 306 g/mol. The van der Waals surface area contributed by atoms with Crippen molar-refractivity contribution in [1.82, 2.24) is 20.0 Å². The third-order valence-corrected chi connectivity index (χ3v) is 4.37. The summed E-state index contributed by atoms with van der Waals surface area (Å²) in [6, 6.07) is 21.7. The quantitative estimate of drug-likeness (QED) is 0.626. The Labute approximate surface area is 137 Å². The average Bonchev–Trinajstić information content (AvgIpc) is 3.23. The molecule has 0 bridgehead atoms. The van der Waals surface area contributed by atoms with Crippen LogP contribution in [0.4, 0.5) is 5.82 Å². The molecule has 2 aromatic carbocycles. The molecule has 0 aliphatic carbocycles. The van der Waals surface area contributed by atoms with Gasteiger partial charge in [0.2, 0.25) is 5.13 Å². The monoisotopic (exact) mass is 319 g/mol. The SMILES string of the molecule is Nc1cc(-c2ccccc2)nn1-c1nnc(-c2ccccc2)s1. The van der Waals surface area contributed by atoms with Crippen LogP contribution in [0, 0.1) is 0 Å². The highest BCUT2D eigenvalue weighted by molar-refractivity contribution is 7.17. The standard InChI is InChI=1S/C17H13N5S/c18-15-11-14(12-7-3-1-4-8-12)21-22(15)17-20-19-16(23-17)13-9-5-2-6-10-13/h1-11H,18H2. The van der Waals surface area contributed by atoms with Gasteiger partial charge in [0.05, 0.1) is 5.69 Å². The predicted octanol–water partition coefficient (Wildman–Crippen LogP) is 3.64. The maximum Gasteiger partial charge on any atom is 0.235 e. The minimum atomic E-state index is 0.541. The zero-order valence-electron chi connectivity index (χ0n) is 12.1. The summed E-state index contributed by atoms with van der Waals surface area (Å²) in [5.74, 6) is 0.541.